The molecule has 1 atom stereocenters. The summed E-state index contributed by atoms with van der Waals surface area (Å²) in [7, 11) is -1.76. The molecule has 4 nitrogen and oxygen atoms in total. The van der Waals surface area contributed by atoms with E-state index < -0.39 is 20.0 Å². The van der Waals surface area contributed by atoms with E-state index in [2.05, 4.69) is 33.9 Å². The monoisotopic (exact) mass is 289 g/mol. The van der Waals surface area contributed by atoms with E-state index in [-0.39, 0.29) is 11.0 Å². The Balaban J connectivity index is 4.19. The summed E-state index contributed by atoms with van der Waals surface area (Å²) in [5, 5.41) is 0.170. The molecule has 0 bridgehead atoms. The Bertz CT molecular complexity index is 303. The fraction of sp³-hybridized carbons (Fsp3) is 0.929. The van der Waals surface area contributed by atoms with Gasteiger partial charge < -0.3 is 14.9 Å². The van der Waals surface area contributed by atoms with E-state index in [0.29, 0.717) is 13.0 Å². The maximum absolute atomic E-state index is 11.7. The molecule has 0 rings (SSSR count). The number of ether oxygens (including phenoxy) is 1. The van der Waals surface area contributed by atoms with Gasteiger partial charge in [-0.15, -0.1) is 0 Å². The van der Waals surface area contributed by atoms with Gasteiger partial charge in [0.25, 0.3) is 0 Å². The number of esters is 1. The first-order chi connectivity index (χ1) is 8.26. The number of hydrogen-bond acceptors (Lipinski definition) is 4. The molecule has 0 aromatic carbocycles. The third-order valence-corrected chi connectivity index (χ3v) is 7.95. The van der Waals surface area contributed by atoms with Crippen LogP contribution in [0.4, 0.5) is 0 Å². The SMILES string of the molecule is CC(C)(C)OC(=O)[C@H](N)CCO[Si](C)(C)C(C)(C)C. The molecule has 0 unspecified atom stereocenters. The molecule has 5 heteroatoms. The van der Waals surface area contributed by atoms with Crippen LogP contribution in [-0.2, 0) is 14.0 Å². The number of hydrogen-bond donors (Lipinski definition) is 1. The Hall–Kier alpha value is -0.393. The van der Waals surface area contributed by atoms with Crippen molar-refractivity contribution < 1.29 is 14.0 Å². The van der Waals surface area contributed by atoms with Crippen LogP contribution >= 0.6 is 0 Å². The summed E-state index contributed by atoms with van der Waals surface area (Å²) in [6.45, 7) is 17.0. The average molecular weight is 289 g/mol. The van der Waals surface area contributed by atoms with Gasteiger partial charge in [0.2, 0.25) is 0 Å². The van der Waals surface area contributed by atoms with E-state index in [1.165, 1.54) is 0 Å². The van der Waals surface area contributed by atoms with Crippen molar-refractivity contribution in [3.8, 4) is 0 Å². The molecule has 0 saturated carbocycles. The van der Waals surface area contributed by atoms with Crippen LogP contribution < -0.4 is 5.73 Å². The molecule has 19 heavy (non-hydrogen) atoms. The summed E-state index contributed by atoms with van der Waals surface area (Å²) in [6.07, 6.45) is 0.501. The van der Waals surface area contributed by atoms with Crippen molar-refractivity contribution >= 4 is 14.3 Å². The smallest absolute Gasteiger partial charge is 0.323 e. The summed E-state index contributed by atoms with van der Waals surface area (Å²) in [6, 6.07) is -0.607. The third kappa shape index (κ3) is 7.08. The highest BCUT2D eigenvalue weighted by molar-refractivity contribution is 6.74. The number of carbonyl (C=O) groups is 1. The predicted molar refractivity (Wildman–Crippen MR) is 81.6 cm³/mol. The average Bonchev–Trinajstić information content (AvgIpc) is 2.12. The standard InChI is InChI=1S/C14H31NO3Si/c1-13(2,3)18-12(16)11(15)9-10-17-19(7,8)14(4,5)6/h11H,9-10,15H2,1-8H3/t11-/m1/s1. The van der Waals surface area contributed by atoms with Crippen molar-refractivity contribution in [1.82, 2.24) is 0 Å². The van der Waals surface area contributed by atoms with Gasteiger partial charge in [-0.05, 0) is 45.3 Å². The molecule has 2 N–H and O–H groups in total. The maximum atomic E-state index is 11.7. The lowest BCUT2D eigenvalue weighted by Crippen LogP contribution is -2.43. The Morgan fingerprint density at radius 3 is 2.00 bits per heavy atom. The van der Waals surface area contributed by atoms with Crippen molar-refractivity contribution in [2.24, 2.45) is 5.73 Å². The minimum absolute atomic E-state index is 0.170. The molecular weight excluding hydrogens is 258 g/mol. The highest BCUT2D eigenvalue weighted by atomic mass is 28.4. The highest BCUT2D eigenvalue weighted by Gasteiger charge is 2.37. The topological polar surface area (TPSA) is 61.5 Å². The second-order valence-electron chi connectivity index (χ2n) is 7.54. The Morgan fingerprint density at radius 2 is 1.63 bits per heavy atom. The van der Waals surface area contributed by atoms with Gasteiger partial charge in [-0.2, -0.15) is 0 Å². The van der Waals surface area contributed by atoms with Crippen LogP contribution in [-0.4, -0.2) is 32.5 Å². The van der Waals surface area contributed by atoms with Crippen LogP contribution in [0.3, 0.4) is 0 Å². The van der Waals surface area contributed by atoms with Gasteiger partial charge in [0.05, 0.1) is 0 Å². The summed E-state index contributed by atoms with van der Waals surface area (Å²) >= 11 is 0. The van der Waals surface area contributed by atoms with Gasteiger partial charge in [-0.1, -0.05) is 20.8 Å². The van der Waals surface area contributed by atoms with Crippen molar-refractivity contribution in [3.05, 3.63) is 0 Å². The number of nitrogens with two attached hydrogens (primary N) is 1. The zero-order valence-electron chi connectivity index (χ0n) is 13.8. The molecule has 0 aliphatic rings. The molecule has 0 aliphatic carbocycles. The molecule has 0 aliphatic heterocycles. The van der Waals surface area contributed by atoms with Gasteiger partial charge in [0, 0.05) is 6.61 Å². The second kappa shape index (κ2) is 6.37. The first-order valence-electron chi connectivity index (χ1n) is 6.89. The number of rotatable bonds is 5. The van der Waals surface area contributed by atoms with Crippen molar-refractivity contribution in [2.75, 3.05) is 6.61 Å². The summed E-state index contributed by atoms with van der Waals surface area (Å²) in [4.78, 5) is 11.7. The van der Waals surface area contributed by atoms with Crippen molar-refractivity contribution in [2.45, 2.75) is 77.7 Å². The van der Waals surface area contributed by atoms with Crippen LogP contribution in [0, 0.1) is 0 Å². The number of carbonyl (C=O) groups excluding carboxylic acids is 1. The second-order valence-corrected chi connectivity index (χ2v) is 12.3. The lowest BCUT2D eigenvalue weighted by atomic mass is 10.2. The first-order valence-corrected chi connectivity index (χ1v) is 9.79. The normalized spacial score (nSPS) is 15.2. The fourth-order valence-electron chi connectivity index (χ4n) is 1.15. The minimum Gasteiger partial charge on any atom is -0.459 e. The van der Waals surface area contributed by atoms with Gasteiger partial charge >= 0.3 is 5.97 Å². The first kappa shape index (κ1) is 18.6. The van der Waals surface area contributed by atoms with Crippen molar-refractivity contribution in [1.29, 1.82) is 0 Å². The largest absolute Gasteiger partial charge is 0.459 e. The van der Waals surface area contributed by atoms with Gasteiger partial charge in [0.1, 0.15) is 11.6 Å². The van der Waals surface area contributed by atoms with Crippen LogP contribution in [0.25, 0.3) is 0 Å². The molecule has 0 spiro atoms. The zero-order valence-corrected chi connectivity index (χ0v) is 14.8. The molecule has 0 amide bonds. The van der Waals surface area contributed by atoms with Crippen LogP contribution in [0.15, 0.2) is 0 Å². The highest BCUT2D eigenvalue weighted by Crippen LogP contribution is 2.36. The van der Waals surface area contributed by atoms with E-state index >= 15 is 0 Å². The lowest BCUT2D eigenvalue weighted by Gasteiger charge is -2.36. The molecule has 0 aromatic heterocycles. The zero-order chi connectivity index (χ0) is 15.5. The Labute approximate surface area is 119 Å². The minimum atomic E-state index is -1.76. The maximum Gasteiger partial charge on any atom is 0.323 e. The third-order valence-electron chi connectivity index (χ3n) is 3.41. The lowest BCUT2D eigenvalue weighted by molar-refractivity contribution is -0.156. The van der Waals surface area contributed by atoms with Crippen LogP contribution in [0.5, 0.6) is 0 Å². The van der Waals surface area contributed by atoms with Crippen molar-refractivity contribution in [3.63, 3.8) is 0 Å². The van der Waals surface area contributed by atoms with Gasteiger partial charge in [-0.25, -0.2) is 0 Å². The van der Waals surface area contributed by atoms with E-state index in [1.807, 2.05) is 20.8 Å². The molecule has 0 saturated heterocycles. The molecule has 0 heterocycles. The van der Waals surface area contributed by atoms with Gasteiger partial charge in [-0.3, -0.25) is 4.79 Å². The molecule has 0 fully saturated rings. The van der Waals surface area contributed by atoms with E-state index in [1.54, 1.807) is 0 Å². The Kier molecular flexibility index (Phi) is 6.24. The molecule has 0 aromatic rings. The van der Waals surface area contributed by atoms with E-state index in [9.17, 15) is 4.79 Å². The van der Waals surface area contributed by atoms with Crippen LogP contribution in [0.1, 0.15) is 48.0 Å². The van der Waals surface area contributed by atoms with Gasteiger partial charge in [0.15, 0.2) is 8.32 Å². The summed E-state index contributed by atoms with van der Waals surface area (Å²) in [5.74, 6) is -0.355. The predicted octanol–water partition coefficient (Wildman–Crippen LogP) is 3.07. The summed E-state index contributed by atoms with van der Waals surface area (Å²) < 4.78 is 11.2. The molecular formula is C14H31NO3Si. The van der Waals surface area contributed by atoms with E-state index in [4.69, 9.17) is 14.9 Å². The quantitative estimate of drug-likeness (QED) is 0.624. The fourth-order valence-corrected chi connectivity index (χ4v) is 2.21. The molecule has 114 valence electrons. The van der Waals surface area contributed by atoms with Crippen LogP contribution in [0.2, 0.25) is 18.1 Å². The summed E-state index contributed by atoms with van der Waals surface area (Å²) in [5.41, 5.74) is 5.33. The molecule has 0 radical (unpaired) electrons. The van der Waals surface area contributed by atoms with E-state index in [0.717, 1.165) is 0 Å². The Morgan fingerprint density at radius 1 is 1.16 bits per heavy atom.